The number of para-hydroxylation sites is 1. The van der Waals surface area contributed by atoms with Crippen LogP contribution >= 0.6 is 0 Å². The minimum Gasteiger partial charge on any atom is -0.497 e. The SMILES string of the molecule is COc1ccc(S(=O)(=O)N(C)CCN(C(C)c2nc3ccccc3c(=O)n2C)S(=O)(=O)c2ccc(OC)cc2)cc1. The van der Waals surface area contributed by atoms with E-state index in [1.807, 2.05) is 0 Å². The van der Waals surface area contributed by atoms with Gasteiger partial charge < -0.3 is 9.47 Å². The first-order valence-corrected chi connectivity index (χ1v) is 15.5. The number of benzene rings is 3. The summed E-state index contributed by atoms with van der Waals surface area (Å²) in [5.74, 6) is 1.20. The number of nitrogens with zero attached hydrogens (tertiary/aromatic N) is 4. The highest BCUT2D eigenvalue weighted by Gasteiger charge is 2.33. The molecule has 41 heavy (non-hydrogen) atoms. The number of fused-ring (bicyclic) bond motifs is 1. The molecule has 1 unspecified atom stereocenters. The Morgan fingerprint density at radius 3 is 1.85 bits per heavy atom. The molecular weight excluding hydrogens is 568 g/mol. The quantitative estimate of drug-likeness (QED) is 0.257. The van der Waals surface area contributed by atoms with Gasteiger partial charge in [-0.2, -0.15) is 8.61 Å². The summed E-state index contributed by atoms with van der Waals surface area (Å²) in [7, 11) is -2.26. The standard InChI is InChI=1S/C28H32N4O7S2/c1-20(27-29-26-9-7-6-8-25(26)28(33)31(27)3)32(41(36,37)24-16-12-22(39-5)13-17-24)19-18-30(2)40(34,35)23-14-10-21(38-4)11-15-23/h6-17,20H,18-19H2,1-5H3. The Labute approximate surface area is 239 Å². The second kappa shape index (κ2) is 12.0. The molecule has 0 saturated carbocycles. The number of hydrogen-bond donors (Lipinski definition) is 0. The summed E-state index contributed by atoms with van der Waals surface area (Å²) in [5, 5.41) is 0.404. The fraction of sp³-hybridized carbons (Fsp3) is 0.286. The molecule has 1 atom stereocenters. The summed E-state index contributed by atoms with van der Waals surface area (Å²) >= 11 is 0. The van der Waals surface area contributed by atoms with Crippen LogP contribution in [-0.4, -0.2) is 69.4 Å². The lowest BCUT2D eigenvalue weighted by Gasteiger charge is -2.30. The van der Waals surface area contributed by atoms with Crippen molar-refractivity contribution < 1.29 is 26.3 Å². The number of rotatable bonds is 11. The molecular formula is C28H32N4O7S2. The van der Waals surface area contributed by atoms with Crippen molar-refractivity contribution in [1.82, 2.24) is 18.2 Å². The van der Waals surface area contributed by atoms with Crippen LogP contribution in [0.2, 0.25) is 0 Å². The van der Waals surface area contributed by atoms with Crippen LogP contribution in [0.3, 0.4) is 0 Å². The van der Waals surface area contributed by atoms with E-state index in [9.17, 15) is 21.6 Å². The summed E-state index contributed by atoms with van der Waals surface area (Å²) < 4.78 is 68.4. The van der Waals surface area contributed by atoms with E-state index in [0.717, 1.165) is 8.61 Å². The molecule has 11 nitrogen and oxygen atoms in total. The van der Waals surface area contributed by atoms with Crippen LogP contribution in [0, 0.1) is 0 Å². The number of aromatic nitrogens is 2. The third-order valence-electron chi connectivity index (χ3n) is 6.89. The first kappa shape index (κ1) is 30.2. The highest BCUT2D eigenvalue weighted by molar-refractivity contribution is 7.89. The number of likely N-dealkylation sites (N-methyl/N-ethyl adjacent to an activating group) is 1. The number of methoxy groups -OCH3 is 2. The molecule has 0 aliphatic rings. The average Bonchev–Trinajstić information content (AvgIpc) is 2.98. The van der Waals surface area contributed by atoms with Crippen molar-refractivity contribution >= 4 is 30.9 Å². The van der Waals surface area contributed by atoms with Crippen LogP contribution in [-0.2, 0) is 27.1 Å². The fourth-order valence-corrected chi connectivity index (χ4v) is 7.18. The van der Waals surface area contributed by atoms with Crippen molar-refractivity contribution in [2.75, 3.05) is 34.4 Å². The Kier molecular flexibility index (Phi) is 8.83. The first-order chi connectivity index (χ1) is 19.4. The van der Waals surface area contributed by atoms with Gasteiger partial charge in [0.25, 0.3) is 5.56 Å². The van der Waals surface area contributed by atoms with Crippen LogP contribution in [0.4, 0.5) is 0 Å². The molecule has 3 aromatic carbocycles. The molecule has 218 valence electrons. The zero-order chi connectivity index (χ0) is 29.9. The zero-order valence-corrected chi connectivity index (χ0v) is 25.0. The molecule has 0 spiro atoms. The maximum absolute atomic E-state index is 14.0. The Hall–Kier alpha value is -3.78. The van der Waals surface area contributed by atoms with Crippen LogP contribution in [0.1, 0.15) is 18.8 Å². The van der Waals surface area contributed by atoms with E-state index in [1.54, 1.807) is 31.2 Å². The monoisotopic (exact) mass is 600 g/mol. The van der Waals surface area contributed by atoms with Gasteiger partial charge in [0.1, 0.15) is 17.3 Å². The Balaban J connectivity index is 1.74. The average molecular weight is 601 g/mol. The van der Waals surface area contributed by atoms with Gasteiger partial charge in [0, 0.05) is 27.2 Å². The fourth-order valence-electron chi connectivity index (χ4n) is 4.43. The predicted molar refractivity (Wildman–Crippen MR) is 155 cm³/mol. The lowest BCUT2D eigenvalue weighted by Crippen LogP contribution is -2.42. The minimum atomic E-state index is -4.19. The summed E-state index contributed by atoms with van der Waals surface area (Å²) in [5.41, 5.74) is 0.108. The third-order valence-corrected chi connectivity index (χ3v) is 10.7. The van der Waals surface area contributed by atoms with E-state index in [1.165, 1.54) is 81.4 Å². The van der Waals surface area contributed by atoms with Gasteiger partial charge in [-0.15, -0.1) is 0 Å². The Morgan fingerprint density at radius 1 is 0.805 bits per heavy atom. The van der Waals surface area contributed by atoms with Crippen LogP contribution in [0.25, 0.3) is 10.9 Å². The normalized spacial score (nSPS) is 13.0. The van der Waals surface area contributed by atoms with Gasteiger partial charge in [0.15, 0.2) is 0 Å². The lowest BCUT2D eigenvalue weighted by atomic mass is 10.2. The molecule has 4 rings (SSSR count). The molecule has 4 aromatic rings. The van der Waals surface area contributed by atoms with Crippen molar-refractivity contribution in [3.8, 4) is 11.5 Å². The van der Waals surface area contributed by atoms with E-state index < -0.39 is 26.1 Å². The van der Waals surface area contributed by atoms with Crippen molar-refractivity contribution in [1.29, 1.82) is 0 Å². The molecule has 0 N–H and O–H groups in total. The topological polar surface area (TPSA) is 128 Å². The van der Waals surface area contributed by atoms with E-state index in [4.69, 9.17) is 9.47 Å². The van der Waals surface area contributed by atoms with Gasteiger partial charge in [0.05, 0.1) is 41.0 Å². The largest absolute Gasteiger partial charge is 0.497 e. The molecule has 0 aliphatic carbocycles. The second-order valence-electron chi connectivity index (χ2n) is 9.32. The van der Waals surface area contributed by atoms with Crippen molar-refractivity contribution in [2.45, 2.75) is 22.8 Å². The molecule has 0 bridgehead atoms. The van der Waals surface area contributed by atoms with E-state index in [0.29, 0.717) is 22.4 Å². The summed E-state index contributed by atoms with van der Waals surface area (Å²) in [6.07, 6.45) is 0. The third kappa shape index (κ3) is 5.98. The molecule has 0 aliphatic heterocycles. The Morgan fingerprint density at radius 2 is 1.32 bits per heavy atom. The number of sulfonamides is 2. The van der Waals surface area contributed by atoms with Gasteiger partial charge in [-0.05, 0) is 67.6 Å². The zero-order valence-electron chi connectivity index (χ0n) is 23.4. The van der Waals surface area contributed by atoms with E-state index in [2.05, 4.69) is 4.98 Å². The van der Waals surface area contributed by atoms with E-state index >= 15 is 0 Å². The first-order valence-electron chi connectivity index (χ1n) is 12.6. The Bertz CT molecular complexity index is 1810. The smallest absolute Gasteiger partial charge is 0.261 e. The predicted octanol–water partition coefficient (Wildman–Crippen LogP) is 3.02. The van der Waals surface area contributed by atoms with Gasteiger partial charge in [-0.3, -0.25) is 9.36 Å². The highest BCUT2D eigenvalue weighted by Crippen LogP contribution is 2.28. The molecule has 0 saturated heterocycles. The maximum Gasteiger partial charge on any atom is 0.261 e. The lowest BCUT2D eigenvalue weighted by molar-refractivity contribution is 0.303. The molecule has 1 aromatic heterocycles. The number of ether oxygens (including phenoxy) is 2. The van der Waals surface area contributed by atoms with Crippen molar-refractivity contribution in [3.05, 3.63) is 89.0 Å². The van der Waals surface area contributed by atoms with Crippen molar-refractivity contribution in [2.24, 2.45) is 7.05 Å². The van der Waals surface area contributed by atoms with Crippen LogP contribution in [0.5, 0.6) is 11.5 Å². The van der Waals surface area contributed by atoms with Gasteiger partial charge in [-0.1, -0.05) is 12.1 Å². The van der Waals surface area contributed by atoms with Gasteiger partial charge in [0.2, 0.25) is 20.0 Å². The van der Waals surface area contributed by atoms with Crippen molar-refractivity contribution in [3.63, 3.8) is 0 Å². The highest BCUT2D eigenvalue weighted by atomic mass is 32.2. The molecule has 0 fully saturated rings. The summed E-state index contributed by atoms with van der Waals surface area (Å²) in [6.45, 7) is 1.23. The van der Waals surface area contributed by atoms with Crippen LogP contribution < -0.4 is 15.0 Å². The summed E-state index contributed by atoms with van der Waals surface area (Å²) in [6, 6.07) is 17.7. The second-order valence-corrected chi connectivity index (χ2v) is 13.3. The van der Waals surface area contributed by atoms with E-state index in [-0.39, 0.29) is 34.3 Å². The van der Waals surface area contributed by atoms with Gasteiger partial charge in [-0.25, -0.2) is 21.8 Å². The summed E-state index contributed by atoms with van der Waals surface area (Å²) in [4.78, 5) is 17.8. The van der Waals surface area contributed by atoms with Crippen LogP contribution in [0.15, 0.2) is 87.4 Å². The molecule has 1 heterocycles. The number of hydrogen-bond acceptors (Lipinski definition) is 8. The molecule has 0 radical (unpaired) electrons. The maximum atomic E-state index is 14.0. The molecule has 13 heteroatoms. The molecule has 0 amide bonds. The minimum absolute atomic E-state index is 0.0170. The van der Waals surface area contributed by atoms with Gasteiger partial charge >= 0.3 is 0 Å².